The monoisotopic (exact) mass is 119 g/mol. The van der Waals surface area contributed by atoms with Crippen LogP contribution in [0.25, 0.3) is 0 Å². The lowest BCUT2D eigenvalue weighted by molar-refractivity contribution is 0.557. The van der Waals surface area contributed by atoms with Gasteiger partial charge in [-0.3, -0.25) is 0 Å². The van der Waals surface area contributed by atoms with Gasteiger partial charge in [-0.2, -0.15) is 4.99 Å². The normalized spacial score (nSPS) is 10.1. The fraction of sp³-hybridized carbons (Fsp3) is 0.750. The van der Waals surface area contributed by atoms with Crippen molar-refractivity contribution in [3.8, 4) is 0 Å². The molecule has 0 unspecified atom stereocenters. The third-order valence-corrected chi connectivity index (χ3v) is 0.396. The quantitative estimate of drug-likeness (QED) is 0.221. The first-order chi connectivity index (χ1) is 3.06. The molecule has 0 atom stereocenters. The number of carbonyl (C=O) groups excluding carboxylic acids is 1. The molecule has 0 spiro atoms. The van der Waals surface area contributed by atoms with Crippen molar-refractivity contribution in [3.05, 3.63) is 0 Å². The molecule has 0 aromatic carbocycles. The molecule has 0 saturated heterocycles. The first kappa shape index (κ1) is 6.67. The van der Waals surface area contributed by atoms with Crippen molar-refractivity contribution in [3.63, 3.8) is 0 Å². The van der Waals surface area contributed by atoms with Crippen LogP contribution >= 0.6 is 11.6 Å². The highest BCUT2D eigenvalue weighted by molar-refractivity contribution is 6.23. The van der Waals surface area contributed by atoms with Crippen molar-refractivity contribution >= 4 is 17.7 Å². The molecule has 0 aliphatic heterocycles. The molecule has 0 fully saturated rings. The number of halogens is 1. The number of hydrogen-bond acceptors (Lipinski definition) is 2. The molecule has 3 heteroatoms. The summed E-state index contributed by atoms with van der Waals surface area (Å²) in [6, 6.07) is 0. The molecule has 0 bridgehead atoms. The lowest BCUT2D eigenvalue weighted by Gasteiger charge is -2.01. The predicted octanol–water partition coefficient (Wildman–Crippen LogP) is 1.30. The second-order valence-electron chi connectivity index (χ2n) is 1.61. The van der Waals surface area contributed by atoms with Crippen LogP contribution in [-0.4, -0.2) is 11.1 Å². The zero-order chi connectivity index (χ0) is 5.91. The summed E-state index contributed by atoms with van der Waals surface area (Å²) in [5.74, 6) is 0. The molecule has 40 valence electrons. The first-order valence-corrected chi connectivity index (χ1v) is 2.22. The molecule has 0 aliphatic rings. The van der Waals surface area contributed by atoms with E-state index >= 15 is 0 Å². The van der Waals surface area contributed by atoms with Crippen molar-refractivity contribution in [1.82, 2.24) is 0 Å². The Morgan fingerprint density at radius 1 is 1.71 bits per heavy atom. The Labute approximate surface area is 47.2 Å². The summed E-state index contributed by atoms with van der Waals surface area (Å²) < 4.78 is 0. The van der Waals surface area contributed by atoms with Gasteiger partial charge in [0.2, 0.25) is 6.08 Å². The number of rotatable bonds is 1. The molecule has 0 rings (SSSR count). The summed E-state index contributed by atoms with van der Waals surface area (Å²) in [5.41, 5.74) is 0. The summed E-state index contributed by atoms with van der Waals surface area (Å²) in [4.78, 5) is 11.9. The molecule has 0 aliphatic carbocycles. The minimum atomic E-state index is -0.776. The lowest BCUT2D eigenvalue weighted by Crippen LogP contribution is -2.03. The lowest BCUT2D eigenvalue weighted by atomic mass is 10.4. The summed E-state index contributed by atoms with van der Waals surface area (Å²) in [5, 5.41) is 0. The largest absolute Gasteiger partial charge is 0.236 e. The third kappa shape index (κ3) is 5.67. The maximum absolute atomic E-state index is 9.44. The minimum Gasteiger partial charge on any atom is -0.211 e. The molecule has 0 amide bonds. The van der Waals surface area contributed by atoms with Gasteiger partial charge in [-0.25, -0.2) is 4.79 Å². The van der Waals surface area contributed by atoms with E-state index in [9.17, 15) is 4.79 Å². The molecule has 7 heavy (non-hydrogen) atoms. The average molecular weight is 120 g/mol. The maximum Gasteiger partial charge on any atom is 0.236 e. The Balaban J connectivity index is 3.80. The Bertz CT molecular complexity index is 98.7. The van der Waals surface area contributed by atoms with Crippen LogP contribution in [0.2, 0.25) is 0 Å². The van der Waals surface area contributed by atoms with E-state index in [-0.39, 0.29) is 0 Å². The number of isocyanates is 1. The third-order valence-electron chi connectivity index (χ3n) is 0.312. The molecular weight excluding hydrogens is 114 g/mol. The van der Waals surface area contributed by atoms with E-state index < -0.39 is 5.00 Å². The van der Waals surface area contributed by atoms with Crippen LogP contribution in [0.5, 0.6) is 0 Å². The highest BCUT2D eigenvalue weighted by atomic mass is 35.5. The van der Waals surface area contributed by atoms with E-state index in [1.165, 1.54) is 6.08 Å². The van der Waals surface area contributed by atoms with Gasteiger partial charge < -0.3 is 0 Å². The van der Waals surface area contributed by atoms with Crippen molar-refractivity contribution in [2.45, 2.75) is 18.8 Å². The highest BCUT2D eigenvalue weighted by Gasteiger charge is 2.07. The fourth-order valence-corrected chi connectivity index (χ4v) is 0.143. The number of hydrogen-bond donors (Lipinski definition) is 0. The van der Waals surface area contributed by atoms with Crippen LogP contribution in [0, 0.1) is 0 Å². The zero-order valence-corrected chi connectivity index (χ0v) is 4.99. The molecule has 0 saturated carbocycles. The summed E-state index contributed by atoms with van der Waals surface area (Å²) in [6.45, 7) is 3.22. The van der Waals surface area contributed by atoms with Crippen LogP contribution in [0.4, 0.5) is 0 Å². The topological polar surface area (TPSA) is 29.4 Å². The van der Waals surface area contributed by atoms with Crippen LogP contribution in [-0.2, 0) is 4.79 Å². The average Bonchev–Trinajstić information content (AvgIpc) is 1.30. The summed E-state index contributed by atoms with van der Waals surface area (Å²) in [7, 11) is 0. The first-order valence-electron chi connectivity index (χ1n) is 1.84. The van der Waals surface area contributed by atoms with Crippen molar-refractivity contribution in [2.24, 2.45) is 4.99 Å². The predicted molar refractivity (Wildman–Crippen MR) is 28.1 cm³/mol. The summed E-state index contributed by atoms with van der Waals surface area (Å²) in [6.07, 6.45) is 1.35. The van der Waals surface area contributed by atoms with Crippen molar-refractivity contribution in [1.29, 1.82) is 0 Å². The van der Waals surface area contributed by atoms with Gasteiger partial charge in [0.1, 0.15) is 5.00 Å². The molecule has 0 aromatic rings. The van der Waals surface area contributed by atoms with Gasteiger partial charge in [-0.05, 0) is 13.8 Å². The van der Waals surface area contributed by atoms with Gasteiger partial charge in [0, 0.05) is 0 Å². The second-order valence-corrected chi connectivity index (χ2v) is 2.54. The smallest absolute Gasteiger partial charge is 0.211 e. The van der Waals surface area contributed by atoms with Crippen molar-refractivity contribution in [2.75, 3.05) is 0 Å². The summed E-state index contributed by atoms with van der Waals surface area (Å²) >= 11 is 5.40. The van der Waals surface area contributed by atoms with Gasteiger partial charge in [0.25, 0.3) is 0 Å². The molecule has 0 radical (unpaired) electrons. The zero-order valence-electron chi connectivity index (χ0n) is 4.23. The number of nitrogens with zero attached hydrogens (tertiary/aromatic N) is 1. The standard InChI is InChI=1S/C4H6ClNO/c1-4(2,5)6-3-7/h1-2H3. The molecule has 0 aromatic heterocycles. The van der Waals surface area contributed by atoms with E-state index in [4.69, 9.17) is 11.6 Å². The Hall–Kier alpha value is -0.330. The van der Waals surface area contributed by atoms with Crippen LogP contribution < -0.4 is 0 Å². The maximum atomic E-state index is 9.44. The van der Waals surface area contributed by atoms with Gasteiger partial charge in [0.15, 0.2) is 0 Å². The van der Waals surface area contributed by atoms with Gasteiger partial charge in [-0.15, -0.1) is 0 Å². The fourth-order valence-electron chi connectivity index (χ4n) is 0.109. The second kappa shape index (κ2) is 2.10. The molecular formula is C4H6ClNO. The van der Waals surface area contributed by atoms with Crippen LogP contribution in [0.1, 0.15) is 13.8 Å². The van der Waals surface area contributed by atoms with E-state index in [1.54, 1.807) is 13.8 Å². The van der Waals surface area contributed by atoms with Crippen molar-refractivity contribution < 1.29 is 4.79 Å². The van der Waals surface area contributed by atoms with Crippen LogP contribution in [0.3, 0.4) is 0 Å². The van der Waals surface area contributed by atoms with Gasteiger partial charge >= 0.3 is 0 Å². The Morgan fingerprint density at radius 3 is 2.14 bits per heavy atom. The molecule has 2 nitrogen and oxygen atoms in total. The van der Waals surface area contributed by atoms with E-state index in [2.05, 4.69) is 4.99 Å². The molecule has 0 N–H and O–H groups in total. The number of alkyl halides is 1. The Morgan fingerprint density at radius 2 is 2.14 bits per heavy atom. The van der Waals surface area contributed by atoms with E-state index in [0.29, 0.717) is 0 Å². The minimum absolute atomic E-state index is 0.776. The number of aliphatic imine (C=N–C) groups is 1. The van der Waals surface area contributed by atoms with Gasteiger partial charge in [0.05, 0.1) is 0 Å². The van der Waals surface area contributed by atoms with E-state index in [1.807, 2.05) is 0 Å². The van der Waals surface area contributed by atoms with Gasteiger partial charge in [-0.1, -0.05) is 11.6 Å². The van der Waals surface area contributed by atoms with E-state index in [0.717, 1.165) is 0 Å². The Kier molecular flexibility index (Phi) is 2.00. The molecule has 0 heterocycles. The highest BCUT2D eigenvalue weighted by Crippen LogP contribution is 2.11. The van der Waals surface area contributed by atoms with Crippen LogP contribution in [0.15, 0.2) is 4.99 Å². The SMILES string of the molecule is CC(C)(Cl)N=C=O.